The maximum absolute atomic E-state index is 11.3. The number of benzene rings is 2. The summed E-state index contributed by atoms with van der Waals surface area (Å²) in [5.74, 6) is 0. The molecule has 0 radical (unpaired) electrons. The zero-order valence-corrected chi connectivity index (χ0v) is 25.4. The van der Waals surface area contributed by atoms with Crippen molar-refractivity contribution in [2.75, 3.05) is 0 Å². The van der Waals surface area contributed by atoms with Crippen molar-refractivity contribution in [1.82, 2.24) is 0 Å². The van der Waals surface area contributed by atoms with Gasteiger partial charge in [0.1, 0.15) is 14.7 Å². The van der Waals surface area contributed by atoms with Crippen molar-refractivity contribution in [2.24, 2.45) is 0 Å². The second kappa shape index (κ2) is 16.4. The van der Waals surface area contributed by atoms with Gasteiger partial charge in [0.15, 0.2) is 33.2 Å². The van der Waals surface area contributed by atoms with Crippen LogP contribution in [0.3, 0.4) is 0 Å². The fourth-order valence-electron chi connectivity index (χ4n) is 1.84. The average molecular weight is 585 g/mol. The Hall–Kier alpha value is 1.69. The van der Waals surface area contributed by atoms with Crippen LogP contribution in [0.1, 0.15) is 0 Å². The van der Waals surface area contributed by atoms with E-state index in [2.05, 4.69) is 25.3 Å². The molecule has 0 aliphatic heterocycles. The maximum Gasteiger partial charge on any atom is 1.00 e. The molecule has 2 aromatic carbocycles. The largest absolute Gasteiger partial charge is 1.00 e. The van der Waals surface area contributed by atoms with E-state index in [0.29, 0.717) is 0 Å². The summed E-state index contributed by atoms with van der Waals surface area (Å²) in [6.45, 7) is 0. The fourth-order valence-corrected chi connectivity index (χ4v) is 7.38. The van der Waals surface area contributed by atoms with Crippen molar-refractivity contribution in [3.8, 4) is 0 Å². The van der Waals surface area contributed by atoms with Gasteiger partial charge in [-0.2, -0.15) is 0 Å². The van der Waals surface area contributed by atoms with Crippen LogP contribution in [-0.4, -0.2) is 43.8 Å². The van der Waals surface area contributed by atoms with E-state index in [1.165, 1.54) is 0 Å². The van der Waals surface area contributed by atoms with Crippen LogP contribution in [0.2, 0.25) is 0 Å². The van der Waals surface area contributed by atoms with E-state index in [-0.39, 0.29) is 59.1 Å². The first-order chi connectivity index (χ1) is 13.4. The Kier molecular flexibility index (Phi) is 18.4. The summed E-state index contributed by atoms with van der Waals surface area (Å²) in [4.78, 5) is -5.87. The average Bonchev–Trinajstić information content (AvgIpc) is 2.60. The molecular weight excluding hydrogens is 575 g/mol. The molecule has 3 N–H and O–H groups in total. The van der Waals surface area contributed by atoms with Gasteiger partial charge in [0.25, 0.3) is 0 Å². The molecule has 2 aromatic rings. The van der Waals surface area contributed by atoms with E-state index >= 15 is 0 Å². The van der Waals surface area contributed by atoms with Crippen LogP contribution < -0.4 is 59.1 Å². The van der Waals surface area contributed by atoms with Gasteiger partial charge in [-0.3, -0.25) is 8.42 Å². The minimum absolute atomic E-state index is 0. The summed E-state index contributed by atoms with van der Waals surface area (Å²) in [5, 5.41) is 0. The standard InChI is InChI=1S/C6H6O10S6.C6H6S.2Na/c7-18(8)2-1(17)3(19(9)10)5(21(13)14)6(22(15)16)4(2)20(11)12;7-6-4-2-1-3-5-6;;/h17H,(H,7,8)(H,9,10)(H,11,12)(H,13,14)(H,15,16);1-5,7H;;/q;;2*+1/p-2. The molecule has 162 valence electrons. The fraction of sp³-hybridized carbons (Fsp3) is 0. The van der Waals surface area contributed by atoms with Crippen molar-refractivity contribution < 1.29 is 103 Å². The second-order valence-electron chi connectivity index (χ2n) is 4.55. The van der Waals surface area contributed by atoms with E-state index in [1.54, 1.807) is 0 Å². The van der Waals surface area contributed by atoms with Gasteiger partial charge >= 0.3 is 59.1 Å². The first-order valence-corrected chi connectivity index (χ1v) is 13.0. The Morgan fingerprint density at radius 2 is 0.903 bits per heavy atom. The Balaban J connectivity index is 0. The Bertz CT molecular complexity index is 981. The molecule has 5 unspecified atom stereocenters. The van der Waals surface area contributed by atoms with E-state index in [1.807, 2.05) is 30.3 Å². The van der Waals surface area contributed by atoms with E-state index in [4.69, 9.17) is 13.7 Å². The van der Waals surface area contributed by atoms with Gasteiger partial charge in [-0.05, 0) is 34.3 Å². The van der Waals surface area contributed by atoms with Crippen LogP contribution in [0.4, 0.5) is 0 Å². The van der Waals surface area contributed by atoms with Crippen molar-refractivity contribution in [3.05, 3.63) is 30.3 Å². The molecule has 0 saturated heterocycles. The topological polar surface area (TPSA) is 192 Å². The predicted molar refractivity (Wildman–Crippen MR) is 109 cm³/mol. The summed E-state index contributed by atoms with van der Waals surface area (Å²) in [5.41, 5.74) is 0. The molecule has 2 rings (SSSR count). The zero-order valence-electron chi connectivity index (χ0n) is 15.5. The first kappa shape index (κ1) is 34.9. The molecule has 19 heteroatoms. The predicted octanol–water partition coefficient (Wildman–Crippen LogP) is -4.82. The molecular formula is C12H10Na2O10S7. The molecule has 10 nitrogen and oxygen atoms in total. The van der Waals surface area contributed by atoms with Crippen LogP contribution in [-0.2, 0) is 55.4 Å². The monoisotopic (exact) mass is 584 g/mol. The molecule has 0 fully saturated rings. The Labute approximate surface area is 245 Å². The van der Waals surface area contributed by atoms with Gasteiger partial charge < -0.3 is 22.8 Å². The summed E-state index contributed by atoms with van der Waals surface area (Å²) in [6.07, 6.45) is 0. The number of hydrogen-bond acceptors (Lipinski definition) is 9. The van der Waals surface area contributed by atoms with Gasteiger partial charge in [-0.15, -0.1) is 25.3 Å². The summed E-state index contributed by atoms with van der Waals surface area (Å²) < 4.78 is 106. The van der Waals surface area contributed by atoms with E-state index in [9.17, 15) is 30.1 Å². The third-order valence-electron chi connectivity index (χ3n) is 2.87. The summed E-state index contributed by atoms with van der Waals surface area (Å²) in [7, 11) is 0. The molecule has 0 aliphatic carbocycles. The minimum Gasteiger partial charge on any atom is -0.768 e. The molecule has 0 heterocycles. The molecule has 5 atom stereocenters. The van der Waals surface area contributed by atoms with Gasteiger partial charge in [0.2, 0.25) is 0 Å². The smallest absolute Gasteiger partial charge is 0.768 e. The third kappa shape index (κ3) is 9.69. The first-order valence-electron chi connectivity index (χ1n) is 6.59. The van der Waals surface area contributed by atoms with E-state index in [0.717, 1.165) is 4.90 Å². The SMILES string of the molecule is O=S([O-])c1c(S)c(S(=O)[O-])c(S(=O)O)c(S(=O)O)c1S(=O)O.Sc1ccccc1.[Na+].[Na+]. The van der Waals surface area contributed by atoms with Crippen LogP contribution >= 0.6 is 25.3 Å². The van der Waals surface area contributed by atoms with Gasteiger partial charge in [-0.25, -0.2) is 12.6 Å². The van der Waals surface area contributed by atoms with Crippen molar-refractivity contribution in [2.45, 2.75) is 34.3 Å². The molecule has 0 amide bonds. The quantitative estimate of drug-likeness (QED) is 0.129. The molecule has 0 bridgehead atoms. The summed E-state index contributed by atoms with van der Waals surface area (Å²) in [6, 6.07) is 9.79. The van der Waals surface area contributed by atoms with E-state index < -0.39 is 84.8 Å². The number of hydrogen-bond donors (Lipinski definition) is 5. The maximum atomic E-state index is 11.3. The van der Waals surface area contributed by atoms with Crippen molar-refractivity contribution in [3.63, 3.8) is 0 Å². The molecule has 0 aliphatic rings. The third-order valence-corrected chi connectivity index (χ3v) is 8.19. The van der Waals surface area contributed by atoms with Crippen LogP contribution in [0.25, 0.3) is 0 Å². The Morgan fingerprint density at radius 3 is 1.10 bits per heavy atom. The Morgan fingerprint density at radius 1 is 0.613 bits per heavy atom. The number of thiol groups is 2. The van der Waals surface area contributed by atoms with Crippen molar-refractivity contribution in [1.29, 1.82) is 0 Å². The number of rotatable bonds is 5. The molecule has 0 saturated carbocycles. The van der Waals surface area contributed by atoms with Gasteiger partial charge in [-0.1, -0.05) is 18.2 Å². The zero-order chi connectivity index (χ0) is 22.5. The molecule has 31 heavy (non-hydrogen) atoms. The normalized spacial score (nSPS) is 15.1. The second-order valence-corrected chi connectivity index (χ2v) is 9.99. The van der Waals surface area contributed by atoms with Crippen LogP contribution in [0.5, 0.6) is 0 Å². The van der Waals surface area contributed by atoms with Crippen molar-refractivity contribution >= 4 is 80.7 Å². The van der Waals surface area contributed by atoms with Gasteiger partial charge in [0.05, 0.1) is 9.79 Å². The van der Waals surface area contributed by atoms with Crippen LogP contribution in [0.15, 0.2) is 64.6 Å². The molecule has 0 spiro atoms. The summed E-state index contributed by atoms with van der Waals surface area (Å²) >= 11 is -8.62. The molecule has 0 aromatic heterocycles. The van der Waals surface area contributed by atoms with Crippen LogP contribution in [0, 0.1) is 0 Å². The minimum atomic E-state index is -3.33. The van der Waals surface area contributed by atoms with Gasteiger partial charge in [0, 0.05) is 9.79 Å².